The zero-order valence-corrected chi connectivity index (χ0v) is 16.3. The van der Waals surface area contributed by atoms with Crippen LogP contribution in [0, 0.1) is 13.8 Å². The summed E-state index contributed by atoms with van der Waals surface area (Å²) >= 11 is 1.82. The Hall–Kier alpha value is -2.51. The van der Waals surface area contributed by atoms with E-state index in [-0.39, 0.29) is 17.9 Å². The van der Waals surface area contributed by atoms with Crippen LogP contribution in [0.4, 0.5) is 0 Å². The molecule has 0 bridgehead atoms. The number of thiophene rings is 1. The molecular weight excluding hydrogens is 358 g/mol. The van der Waals surface area contributed by atoms with Crippen molar-refractivity contribution < 1.29 is 4.79 Å². The highest BCUT2D eigenvalue weighted by Crippen LogP contribution is 2.28. The number of rotatable bonds is 5. The minimum Gasteiger partial charge on any atom is -0.347 e. The first kappa shape index (κ1) is 17.9. The lowest BCUT2D eigenvalue weighted by Gasteiger charge is -2.18. The molecular formula is C20H23N5OS. The number of benzene rings is 1. The fourth-order valence-electron chi connectivity index (χ4n) is 3.58. The van der Waals surface area contributed by atoms with Crippen LogP contribution in [0.15, 0.2) is 42.5 Å². The quantitative estimate of drug-likeness (QED) is 0.713. The summed E-state index contributed by atoms with van der Waals surface area (Å²) in [6, 6.07) is 13.7. The summed E-state index contributed by atoms with van der Waals surface area (Å²) in [4.78, 5) is 22.2. The standard InChI is InChI=1S/C20H23N5OS/c1-13-8-9-16(27-13)10-25-11-17(19-21-14(2)23-24-19)18(12-25)22-20(26)15-6-4-3-5-7-15/h3-9,17-18H,10-12H2,1-2H3,(H,22,26)(H,21,23,24). The maximum atomic E-state index is 12.7. The maximum absolute atomic E-state index is 12.7. The lowest BCUT2D eigenvalue weighted by atomic mass is 10.0. The molecule has 0 radical (unpaired) electrons. The van der Waals surface area contributed by atoms with Crippen molar-refractivity contribution in [1.29, 1.82) is 0 Å². The van der Waals surface area contributed by atoms with E-state index in [4.69, 9.17) is 0 Å². The Balaban J connectivity index is 1.52. The van der Waals surface area contributed by atoms with E-state index >= 15 is 0 Å². The molecule has 3 aromatic rings. The zero-order chi connectivity index (χ0) is 18.8. The Morgan fingerprint density at radius 3 is 2.70 bits per heavy atom. The molecule has 6 nitrogen and oxygen atoms in total. The lowest BCUT2D eigenvalue weighted by molar-refractivity contribution is 0.0934. The van der Waals surface area contributed by atoms with Gasteiger partial charge in [-0.3, -0.25) is 14.8 Å². The number of aromatic amines is 1. The summed E-state index contributed by atoms with van der Waals surface area (Å²) in [6.07, 6.45) is 0. The molecule has 3 heterocycles. The van der Waals surface area contributed by atoms with E-state index in [1.54, 1.807) is 0 Å². The number of H-pyrrole nitrogens is 1. The fraction of sp³-hybridized carbons (Fsp3) is 0.350. The Morgan fingerprint density at radius 1 is 1.22 bits per heavy atom. The topological polar surface area (TPSA) is 73.9 Å². The van der Waals surface area contributed by atoms with Crippen LogP contribution in [0.1, 0.15) is 37.7 Å². The fourth-order valence-corrected chi connectivity index (χ4v) is 4.51. The molecule has 4 rings (SSSR count). The second-order valence-electron chi connectivity index (χ2n) is 7.04. The first-order chi connectivity index (χ1) is 13.1. The van der Waals surface area contributed by atoms with Crippen LogP contribution < -0.4 is 5.32 Å². The summed E-state index contributed by atoms with van der Waals surface area (Å²) in [7, 11) is 0. The first-order valence-electron chi connectivity index (χ1n) is 9.11. The van der Waals surface area contributed by atoms with Crippen molar-refractivity contribution >= 4 is 17.2 Å². The van der Waals surface area contributed by atoms with E-state index in [2.05, 4.69) is 44.5 Å². The van der Waals surface area contributed by atoms with Gasteiger partial charge in [0.1, 0.15) is 5.82 Å². The van der Waals surface area contributed by atoms with Crippen LogP contribution in [0.2, 0.25) is 0 Å². The van der Waals surface area contributed by atoms with Gasteiger partial charge < -0.3 is 5.32 Å². The summed E-state index contributed by atoms with van der Waals surface area (Å²) in [6.45, 7) is 6.52. The van der Waals surface area contributed by atoms with Crippen molar-refractivity contribution in [3.63, 3.8) is 0 Å². The van der Waals surface area contributed by atoms with E-state index in [0.29, 0.717) is 5.56 Å². The van der Waals surface area contributed by atoms with Crippen LogP contribution in [-0.2, 0) is 6.54 Å². The molecule has 140 valence electrons. The summed E-state index contributed by atoms with van der Waals surface area (Å²) < 4.78 is 0. The molecule has 1 fully saturated rings. The average molecular weight is 382 g/mol. The Bertz CT molecular complexity index is 919. The smallest absolute Gasteiger partial charge is 0.251 e. The van der Waals surface area contributed by atoms with Crippen molar-refractivity contribution in [1.82, 2.24) is 25.4 Å². The predicted octanol–water partition coefficient (Wildman–Crippen LogP) is 2.88. The third kappa shape index (κ3) is 4.09. The minimum absolute atomic E-state index is 0.0195. The first-order valence-corrected chi connectivity index (χ1v) is 9.92. The minimum atomic E-state index is -0.0494. The molecule has 1 amide bonds. The van der Waals surface area contributed by atoms with E-state index < -0.39 is 0 Å². The van der Waals surface area contributed by atoms with Gasteiger partial charge in [-0.25, -0.2) is 4.98 Å². The number of nitrogens with zero attached hydrogens (tertiary/aromatic N) is 3. The Labute approximate surface area is 162 Å². The molecule has 27 heavy (non-hydrogen) atoms. The van der Waals surface area contributed by atoms with Gasteiger partial charge in [-0.2, -0.15) is 5.10 Å². The summed E-state index contributed by atoms with van der Waals surface area (Å²) in [5.74, 6) is 1.59. The molecule has 7 heteroatoms. The third-order valence-electron chi connectivity index (χ3n) is 4.87. The number of aromatic nitrogens is 3. The van der Waals surface area contributed by atoms with Crippen molar-refractivity contribution in [2.24, 2.45) is 0 Å². The van der Waals surface area contributed by atoms with Crippen molar-refractivity contribution in [3.8, 4) is 0 Å². The van der Waals surface area contributed by atoms with E-state index in [0.717, 1.165) is 31.3 Å². The maximum Gasteiger partial charge on any atom is 0.251 e. The van der Waals surface area contributed by atoms with Gasteiger partial charge in [-0.1, -0.05) is 18.2 Å². The highest BCUT2D eigenvalue weighted by atomic mass is 32.1. The second kappa shape index (κ2) is 7.62. The zero-order valence-electron chi connectivity index (χ0n) is 15.5. The molecule has 2 unspecified atom stereocenters. The number of carbonyl (C=O) groups is 1. The van der Waals surface area contributed by atoms with Gasteiger partial charge >= 0.3 is 0 Å². The van der Waals surface area contributed by atoms with Crippen LogP contribution in [-0.4, -0.2) is 45.1 Å². The summed E-state index contributed by atoms with van der Waals surface area (Å²) in [5.41, 5.74) is 0.676. The third-order valence-corrected chi connectivity index (χ3v) is 5.86. The Morgan fingerprint density at radius 2 is 2.04 bits per heavy atom. The van der Waals surface area contributed by atoms with Gasteiger partial charge in [-0.05, 0) is 38.1 Å². The highest BCUT2D eigenvalue weighted by molar-refractivity contribution is 7.11. The van der Waals surface area contributed by atoms with Gasteiger partial charge in [0.05, 0.1) is 12.0 Å². The Kier molecular flexibility index (Phi) is 5.05. The van der Waals surface area contributed by atoms with Crippen LogP contribution in [0.3, 0.4) is 0 Å². The normalized spacial score (nSPS) is 20.1. The van der Waals surface area contributed by atoms with Crippen molar-refractivity contribution in [3.05, 3.63) is 69.4 Å². The van der Waals surface area contributed by atoms with E-state index in [1.807, 2.05) is 48.6 Å². The molecule has 1 aromatic carbocycles. The van der Waals surface area contributed by atoms with Crippen LogP contribution in [0.25, 0.3) is 0 Å². The molecule has 2 atom stereocenters. The number of carbonyl (C=O) groups excluding carboxylic acids is 1. The number of aryl methyl sites for hydroxylation is 2. The van der Waals surface area contributed by atoms with Crippen LogP contribution >= 0.6 is 11.3 Å². The second-order valence-corrected chi connectivity index (χ2v) is 8.41. The SMILES string of the molecule is Cc1nc(C2CN(Cc3ccc(C)s3)CC2NC(=O)c2ccccc2)n[nH]1. The van der Waals surface area contributed by atoms with Gasteiger partial charge in [0.25, 0.3) is 5.91 Å². The number of nitrogens with one attached hydrogen (secondary N) is 2. The van der Waals surface area contributed by atoms with Gasteiger partial charge in [0, 0.05) is 35.0 Å². The highest BCUT2D eigenvalue weighted by Gasteiger charge is 2.37. The van der Waals surface area contributed by atoms with E-state index in [1.165, 1.54) is 9.75 Å². The predicted molar refractivity (Wildman–Crippen MR) is 106 cm³/mol. The number of hydrogen-bond donors (Lipinski definition) is 2. The van der Waals surface area contributed by atoms with Crippen LogP contribution in [0.5, 0.6) is 0 Å². The molecule has 2 aromatic heterocycles. The molecule has 0 aliphatic carbocycles. The lowest BCUT2D eigenvalue weighted by Crippen LogP contribution is -2.40. The van der Waals surface area contributed by atoms with Gasteiger partial charge in [0.2, 0.25) is 0 Å². The monoisotopic (exact) mass is 381 g/mol. The molecule has 1 saturated heterocycles. The van der Waals surface area contributed by atoms with E-state index in [9.17, 15) is 4.79 Å². The van der Waals surface area contributed by atoms with Gasteiger partial charge in [0.15, 0.2) is 5.82 Å². The largest absolute Gasteiger partial charge is 0.347 e. The average Bonchev–Trinajstić information content (AvgIpc) is 3.37. The number of likely N-dealkylation sites (tertiary alicyclic amines) is 1. The summed E-state index contributed by atoms with van der Waals surface area (Å²) in [5, 5.41) is 10.5. The van der Waals surface area contributed by atoms with Gasteiger partial charge in [-0.15, -0.1) is 11.3 Å². The number of amides is 1. The molecule has 2 N–H and O–H groups in total. The molecule has 0 spiro atoms. The number of hydrogen-bond acceptors (Lipinski definition) is 5. The molecule has 0 saturated carbocycles. The molecule has 1 aliphatic rings. The van der Waals surface area contributed by atoms with Crippen molar-refractivity contribution in [2.75, 3.05) is 13.1 Å². The molecule has 1 aliphatic heterocycles. The van der Waals surface area contributed by atoms with Crippen molar-refractivity contribution in [2.45, 2.75) is 32.4 Å².